The van der Waals surface area contributed by atoms with Crippen molar-refractivity contribution in [2.24, 2.45) is 17.8 Å². The molecule has 3 aromatic carbocycles. The van der Waals surface area contributed by atoms with Gasteiger partial charge in [-0.3, -0.25) is 14.4 Å². The van der Waals surface area contributed by atoms with Gasteiger partial charge in [0, 0.05) is 58.1 Å². The molecule has 0 saturated carbocycles. The summed E-state index contributed by atoms with van der Waals surface area (Å²) in [6.45, 7) is 9.77. The van der Waals surface area contributed by atoms with Crippen molar-refractivity contribution in [1.29, 1.82) is 0 Å². The molecule has 0 bridgehead atoms. The maximum Gasteiger partial charge on any atom is 0.573 e. The number of nitrogens with one attached hydrogen (secondary N) is 7. The number of rotatable bonds is 14. The van der Waals surface area contributed by atoms with Gasteiger partial charge in [0.25, 0.3) is 17.7 Å². The van der Waals surface area contributed by atoms with E-state index in [0.29, 0.717) is 104 Å². The summed E-state index contributed by atoms with van der Waals surface area (Å²) < 4.78 is 82.8. The van der Waals surface area contributed by atoms with Crippen molar-refractivity contribution in [3.05, 3.63) is 112 Å². The van der Waals surface area contributed by atoms with E-state index in [1.807, 2.05) is 21.7 Å². The SMILES string of the molecule is CN1CCN(c2ncnc3sc(C(=O)NCC4CCNCC4)nc23)c2ccc(F)cc21.O=C(NCC1CCNCC1)c1nc2c(N3CCc4cc(F)ccc43)ncnc2s1.O=C(NCC1CCNCC1)c1nc2c(Nc3ccc(F)cc3OC(F)(F)F)ncnc2s1. The first-order valence-electron chi connectivity index (χ1n) is 30.0. The van der Waals surface area contributed by atoms with Crippen LogP contribution in [0.3, 0.4) is 0 Å². The summed E-state index contributed by atoms with van der Waals surface area (Å²) in [5.41, 5.74) is 4.78. The number of aromatic nitrogens is 9. The molecule has 0 aliphatic carbocycles. The summed E-state index contributed by atoms with van der Waals surface area (Å²) in [5.74, 6) is -0.128. The Hall–Kier alpha value is -8.56. The first-order valence-corrected chi connectivity index (χ1v) is 32.5. The number of piperidine rings is 3. The molecule has 23 nitrogen and oxygen atoms in total. The predicted octanol–water partition coefficient (Wildman–Crippen LogP) is 8.79. The Kier molecular flexibility index (Phi) is 19.7. The van der Waals surface area contributed by atoms with Crippen molar-refractivity contribution in [2.75, 3.05) is 106 Å². The highest BCUT2D eigenvalue weighted by Crippen LogP contribution is 2.41. The van der Waals surface area contributed by atoms with Gasteiger partial charge in [-0.15, -0.1) is 13.2 Å². The number of carbonyl (C=O) groups excluding carboxylic acids is 3. The number of likely N-dealkylation sites (N-methyl/N-ethyl adjacent to an activating group) is 1. The summed E-state index contributed by atoms with van der Waals surface area (Å²) >= 11 is 3.58. The molecular formula is C60H63F6N19O4S3. The van der Waals surface area contributed by atoms with Gasteiger partial charge in [0.15, 0.2) is 38.2 Å². The average Bonchev–Trinajstić information content (AvgIpc) is 1.52. The minimum Gasteiger partial charge on any atom is -0.403 e. The van der Waals surface area contributed by atoms with Gasteiger partial charge in [-0.25, -0.2) is 58.0 Å². The molecule has 482 valence electrons. The molecule has 5 aliphatic heterocycles. The molecule has 92 heavy (non-hydrogen) atoms. The molecule has 3 fully saturated rings. The second-order valence-electron chi connectivity index (χ2n) is 22.5. The van der Waals surface area contributed by atoms with Crippen LogP contribution in [0.2, 0.25) is 0 Å². The lowest BCUT2D eigenvalue weighted by Crippen LogP contribution is -2.37. The topological polar surface area (TPSA) is 270 Å². The van der Waals surface area contributed by atoms with Crippen LogP contribution in [0.4, 0.5) is 66.5 Å². The number of hydrogen-bond donors (Lipinski definition) is 7. The number of anilines is 7. The number of hydrogen-bond acceptors (Lipinski definition) is 23. The zero-order valence-electron chi connectivity index (χ0n) is 49.6. The van der Waals surface area contributed by atoms with E-state index in [-0.39, 0.29) is 51.4 Å². The van der Waals surface area contributed by atoms with Crippen LogP contribution in [0, 0.1) is 35.2 Å². The van der Waals surface area contributed by atoms with E-state index in [9.17, 15) is 40.7 Å². The summed E-state index contributed by atoms with van der Waals surface area (Å²) in [4.78, 5) is 84.8. The molecule has 14 rings (SSSR count). The zero-order chi connectivity index (χ0) is 63.9. The number of benzene rings is 3. The molecule has 6 aromatic heterocycles. The number of nitrogens with zero attached hydrogens (tertiary/aromatic N) is 12. The van der Waals surface area contributed by atoms with Gasteiger partial charge in [-0.2, -0.15) is 0 Å². The Labute approximate surface area is 534 Å². The third kappa shape index (κ3) is 15.2. The number of alkyl halides is 3. The van der Waals surface area contributed by atoms with Crippen molar-refractivity contribution in [2.45, 2.75) is 51.3 Å². The maximum atomic E-state index is 13.8. The third-order valence-corrected chi connectivity index (χ3v) is 19.2. The van der Waals surface area contributed by atoms with Crippen LogP contribution in [0.15, 0.2) is 73.6 Å². The lowest BCUT2D eigenvalue weighted by Gasteiger charge is -2.36. The van der Waals surface area contributed by atoms with Crippen molar-refractivity contribution in [3.8, 4) is 5.75 Å². The number of carbonyl (C=O) groups is 3. The van der Waals surface area contributed by atoms with Crippen LogP contribution in [0.25, 0.3) is 31.0 Å². The van der Waals surface area contributed by atoms with Crippen LogP contribution in [-0.4, -0.2) is 155 Å². The van der Waals surface area contributed by atoms with Crippen LogP contribution < -0.4 is 56.7 Å². The second kappa shape index (κ2) is 28.5. The number of halogens is 6. The molecule has 11 heterocycles. The number of amides is 3. The monoisotopic (exact) mass is 1320 g/mol. The van der Waals surface area contributed by atoms with E-state index in [0.717, 1.165) is 137 Å². The quantitative estimate of drug-likeness (QED) is 0.0501. The van der Waals surface area contributed by atoms with Gasteiger partial charge in [-0.05, 0) is 156 Å². The summed E-state index contributed by atoms with van der Waals surface area (Å²) in [5, 5.41) is 22.4. The summed E-state index contributed by atoms with van der Waals surface area (Å²) in [7, 11) is 1.94. The van der Waals surface area contributed by atoms with Gasteiger partial charge in [0.1, 0.15) is 67.5 Å². The minimum absolute atomic E-state index is 0.0577. The Morgan fingerprint density at radius 3 is 1.51 bits per heavy atom. The lowest BCUT2D eigenvalue weighted by molar-refractivity contribution is -0.274. The minimum atomic E-state index is -5.01. The van der Waals surface area contributed by atoms with Crippen molar-refractivity contribution < 1.29 is 45.5 Å². The fourth-order valence-electron chi connectivity index (χ4n) is 11.5. The largest absolute Gasteiger partial charge is 0.573 e. The van der Waals surface area contributed by atoms with E-state index in [1.165, 1.54) is 59.9 Å². The number of ether oxygens (including phenoxy) is 1. The molecule has 3 saturated heterocycles. The molecule has 9 aromatic rings. The number of thiazole rings is 3. The molecule has 0 spiro atoms. The Bertz CT molecular complexity index is 4120. The molecule has 32 heteroatoms. The van der Waals surface area contributed by atoms with Gasteiger partial charge in [0.05, 0.1) is 17.1 Å². The smallest absolute Gasteiger partial charge is 0.403 e. The molecule has 5 aliphatic rings. The molecule has 0 radical (unpaired) electrons. The van der Waals surface area contributed by atoms with Crippen molar-refractivity contribution >= 4 is 123 Å². The van der Waals surface area contributed by atoms with E-state index < -0.39 is 17.9 Å². The molecular weight excluding hydrogens is 1260 g/mol. The fraction of sp³-hybridized carbons (Fsp3) is 0.400. The normalized spacial score (nSPS) is 16.3. The van der Waals surface area contributed by atoms with Crippen LogP contribution in [0.5, 0.6) is 5.75 Å². The standard InChI is InChI=1S/C21H24FN7OS.C20H21FN6OS.C19H18F4N6O2S/c1-28-8-9-29(15-3-2-14(22)10-16(15)28)18-17-20(26-12-25-18)31-21(27-17)19(30)24-11-13-4-6-23-7-5-13;21-14-1-2-15-13(9-14)5-8-27(15)17-16-19(25-11-24-17)29-20(26-16)18(28)23-10-12-3-6-22-7-4-12;20-11-1-2-12(13(7-11)31-19(21,22)23)28-15-14-17(27-9-26-15)32-18(29-14)16(30)25-8-10-3-5-24-6-4-10/h2-3,10,12-13,23H,4-9,11H2,1H3,(H,24,30);1-2,9,11-12,22H,3-8,10H2,(H,23,28);1-2,7,9-10,24H,3-6,8H2,(H,25,30)(H,26,27,28). The average molecular weight is 1320 g/mol. The van der Waals surface area contributed by atoms with E-state index in [4.69, 9.17) is 0 Å². The highest BCUT2D eigenvalue weighted by Gasteiger charge is 2.34. The summed E-state index contributed by atoms with van der Waals surface area (Å²) in [6.07, 6.45) is 6.14. The van der Waals surface area contributed by atoms with Crippen LogP contribution in [0.1, 0.15) is 73.5 Å². The second-order valence-corrected chi connectivity index (χ2v) is 25.5. The van der Waals surface area contributed by atoms with E-state index in [1.54, 1.807) is 18.2 Å². The highest BCUT2D eigenvalue weighted by atomic mass is 32.1. The molecule has 7 N–H and O–H groups in total. The van der Waals surface area contributed by atoms with Crippen molar-refractivity contribution in [3.63, 3.8) is 0 Å². The summed E-state index contributed by atoms with van der Waals surface area (Å²) in [6, 6.07) is 12.2. The molecule has 3 amide bonds. The van der Waals surface area contributed by atoms with Gasteiger partial charge < -0.3 is 56.7 Å². The van der Waals surface area contributed by atoms with Gasteiger partial charge >= 0.3 is 6.36 Å². The van der Waals surface area contributed by atoms with Gasteiger partial charge in [0.2, 0.25) is 0 Å². The molecule has 0 unspecified atom stereocenters. The fourth-order valence-corrected chi connectivity index (χ4v) is 13.9. The molecule has 0 atom stereocenters. The Morgan fingerprint density at radius 2 is 0.989 bits per heavy atom. The first-order chi connectivity index (χ1) is 44.6. The predicted molar refractivity (Wildman–Crippen MR) is 340 cm³/mol. The number of fused-ring (bicyclic) bond motifs is 5. The maximum absolute atomic E-state index is 13.8. The Morgan fingerprint density at radius 1 is 0.543 bits per heavy atom. The lowest BCUT2D eigenvalue weighted by atomic mass is 9.98. The highest BCUT2D eigenvalue weighted by molar-refractivity contribution is 7.20. The van der Waals surface area contributed by atoms with E-state index >= 15 is 0 Å². The van der Waals surface area contributed by atoms with Crippen molar-refractivity contribution in [1.82, 2.24) is 76.8 Å². The van der Waals surface area contributed by atoms with Gasteiger partial charge in [-0.1, -0.05) is 34.0 Å². The first kappa shape index (κ1) is 63.6. The zero-order valence-corrected chi connectivity index (χ0v) is 52.0. The van der Waals surface area contributed by atoms with Crippen LogP contribution in [-0.2, 0) is 6.42 Å². The van der Waals surface area contributed by atoms with Crippen LogP contribution >= 0.6 is 34.0 Å². The Balaban J connectivity index is 0.000000133. The third-order valence-electron chi connectivity index (χ3n) is 16.3. The van der Waals surface area contributed by atoms with E-state index in [2.05, 4.69) is 86.8 Å².